The van der Waals surface area contributed by atoms with Crippen LogP contribution < -0.4 is 10.9 Å². The number of urea groups is 1. The van der Waals surface area contributed by atoms with Gasteiger partial charge in [-0.25, -0.2) is 9.59 Å². The Labute approximate surface area is 173 Å². The molecule has 30 heavy (non-hydrogen) atoms. The smallest absolute Gasteiger partial charge is 0.336 e. The minimum atomic E-state index is -0.428. The third-order valence-corrected chi connectivity index (χ3v) is 5.29. The maximum absolute atomic E-state index is 13.1. The zero-order chi connectivity index (χ0) is 21.1. The molecule has 156 valence electrons. The molecule has 2 aromatic carbocycles. The number of fused-ring (bicyclic) bond motifs is 1. The fraction of sp³-hybridized carbons (Fsp3) is 0.304. The predicted octanol–water partition coefficient (Wildman–Crippen LogP) is 4.02. The number of nitrogens with one attached hydrogen (secondary N) is 1. The zero-order valence-electron chi connectivity index (χ0n) is 16.8. The van der Waals surface area contributed by atoms with E-state index in [9.17, 15) is 14.7 Å². The van der Waals surface area contributed by atoms with E-state index in [1.54, 1.807) is 35.2 Å². The SMILES string of the molecule is Cc1cc(=O)oc2cc(NC(=O)N(Cc3ccccc3O)C[C@H]3CCCO3)ccc12. The van der Waals surface area contributed by atoms with E-state index < -0.39 is 5.63 Å². The second-order valence-electron chi connectivity index (χ2n) is 7.53. The molecule has 1 fully saturated rings. The molecule has 0 radical (unpaired) electrons. The third-order valence-electron chi connectivity index (χ3n) is 5.29. The molecule has 7 nitrogen and oxygen atoms in total. The number of ether oxygens (including phenoxy) is 1. The van der Waals surface area contributed by atoms with Gasteiger partial charge < -0.3 is 24.5 Å². The number of aryl methyl sites for hydroxylation is 1. The van der Waals surface area contributed by atoms with Gasteiger partial charge in [0.25, 0.3) is 0 Å². The van der Waals surface area contributed by atoms with Crippen molar-refractivity contribution in [1.82, 2.24) is 4.90 Å². The van der Waals surface area contributed by atoms with E-state index in [-0.39, 0.29) is 24.4 Å². The average molecular weight is 408 g/mol. The van der Waals surface area contributed by atoms with Gasteiger partial charge in [0, 0.05) is 41.9 Å². The summed E-state index contributed by atoms with van der Waals surface area (Å²) in [6.45, 7) is 3.20. The monoisotopic (exact) mass is 408 g/mol. The van der Waals surface area contributed by atoms with Crippen LogP contribution in [0.3, 0.4) is 0 Å². The van der Waals surface area contributed by atoms with Crippen LogP contribution in [0, 0.1) is 6.92 Å². The van der Waals surface area contributed by atoms with Crippen molar-refractivity contribution in [1.29, 1.82) is 0 Å². The Balaban J connectivity index is 1.56. The molecule has 1 saturated heterocycles. The Hall–Kier alpha value is -3.32. The van der Waals surface area contributed by atoms with E-state index in [4.69, 9.17) is 9.15 Å². The molecule has 3 aromatic rings. The number of hydrogen-bond acceptors (Lipinski definition) is 5. The molecular formula is C23H24N2O5. The van der Waals surface area contributed by atoms with Crippen molar-refractivity contribution in [3.05, 3.63) is 70.1 Å². The first-order valence-corrected chi connectivity index (χ1v) is 9.98. The lowest BCUT2D eigenvalue weighted by Crippen LogP contribution is -2.39. The largest absolute Gasteiger partial charge is 0.508 e. The average Bonchev–Trinajstić information content (AvgIpc) is 3.22. The second kappa shape index (κ2) is 8.59. The van der Waals surface area contributed by atoms with E-state index >= 15 is 0 Å². The molecule has 2 amide bonds. The van der Waals surface area contributed by atoms with Crippen LogP contribution in [0.25, 0.3) is 11.0 Å². The van der Waals surface area contributed by atoms with Crippen LogP contribution in [-0.4, -0.2) is 35.3 Å². The maximum Gasteiger partial charge on any atom is 0.336 e. The summed E-state index contributed by atoms with van der Waals surface area (Å²) in [5.41, 5.74) is 1.99. The number of carbonyl (C=O) groups is 1. The number of hydrogen-bond donors (Lipinski definition) is 2. The van der Waals surface area contributed by atoms with E-state index in [1.807, 2.05) is 19.1 Å². The van der Waals surface area contributed by atoms with E-state index in [0.717, 1.165) is 23.8 Å². The molecule has 0 spiro atoms. The highest BCUT2D eigenvalue weighted by molar-refractivity contribution is 5.92. The Morgan fingerprint density at radius 3 is 2.83 bits per heavy atom. The summed E-state index contributed by atoms with van der Waals surface area (Å²) in [6.07, 6.45) is 1.84. The highest BCUT2D eigenvalue weighted by Crippen LogP contribution is 2.23. The van der Waals surface area contributed by atoms with Crippen LogP contribution in [0.1, 0.15) is 24.0 Å². The van der Waals surface area contributed by atoms with Gasteiger partial charge in [-0.2, -0.15) is 0 Å². The molecule has 2 heterocycles. The summed E-state index contributed by atoms with van der Waals surface area (Å²) in [5, 5.41) is 13.8. The number of nitrogens with zero attached hydrogens (tertiary/aromatic N) is 1. The van der Waals surface area contributed by atoms with Gasteiger partial charge in [0.2, 0.25) is 0 Å². The van der Waals surface area contributed by atoms with Gasteiger partial charge in [0.1, 0.15) is 11.3 Å². The number of amides is 2. The number of phenolic OH excluding ortho intramolecular Hbond substituents is 1. The standard InChI is InChI=1S/C23H24N2O5/c1-15-11-22(27)30-21-12-17(8-9-19(15)21)24-23(28)25(14-18-6-4-10-29-18)13-16-5-2-3-7-20(16)26/h2-3,5,7-9,11-12,18,26H,4,6,10,13-14H2,1H3,(H,24,28)/t18-/m1/s1. The van der Waals surface area contributed by atoms with E-state index in [0.29, 0.717) is 30.0 Å². The van der Waals surface area contributed by atoms with Gasteiger partial charge in [-0.15, -0.1) is 0 Å². The van der Waals surface area contributed by atoms with Gasteiger partial charge in [-0.1, -0.05) is 18.2 Å². The fourth-order valence-electron chi connectivity index (χ4n) is 3.71. The van der Waals surface area contributed by atoms with Crippen molar-refractivity contribution in [3.63, 3.8) is 0 Å². The quantitative estimate of drug-likeness (QED) is 0.622. The first-order valence-electron chi connectivity index (χ1n) is 9.98. The van der Waals surface area contributed by atoms with Crippen LogP contribution in [-0.2, 0) is 11.3 Å². The Morgan fingerprint density at radius 1 is 1.23 bits per heavy atom. The lowest BCUT2D eigenvalue weighted by atomic mass is 10.1. The van der Waals surface area contributed by atoms with Gasteiger partial charge in [-0.3, -0.25) is 0 Å². The van der Waals surface area contributed by atoms with Crippen LogP contribution in [0.4, 0.5) is 10.5 Å². The molecule has 0 bridgehead atoms. The second-order valence-corrected chi connectivity index (χ2v) is 7.53. The molecule has 0 saturated carbocycles. The molecule has 1 aliphatic heterocycles. The number of aromatic hydroxyl groups is 1. The Kier molecular flexibility index (Phi) is 5.72. The first kappa shape index (κ1) is 20.0. The van der Waals surface area contributed by atoms with Crippen LogP contribution in [0.5, 0.6) is 5.75 Å². The van der Waals surface area contributed by atoms with Crippen molar-refractivity contribution in [2.45, 2.75) is 32.4 Å². The molecule has 1 atom stereocenters. The Bertz CT molecular complexity index is 1120. The summed E-state index contributed by atoms with van der Waals surface area (Å²) in [5.74, 6) is 0.144. The summed E-state index contributed by atoms with van der Waals surface area (Å²) in [4.78, 5) is 26.4. The lowest BCUT2D eigenvalue weighted by Gasteiger charge is -2.26. The molecule has 0 unspecified atom stereocenters. The molecule has 0 aliphatic carbocycles. The van der Waals surface area contributed by atoms with Crippen molar-refractivity contribution in [2.75, 3.05) is 18.5 Å². The fourth-order valence-corrected chi connectivity index (χ4v) is 3.71. The molecule has 2 N–H and O–H groups in total. The summed E-state index contributed by atoms with van der Waals surface area (Å²) >= 11 is 0. The number of para-hydroxylation sites is 1. The third kappa shape index (κ3) is 4.46. The minimum Gasteiger partial charge on any atom is -0.508 e. The normalized spacial score (nSPS) is 16.0. The van der Waals surface area contributed by atoms with Gasteiger partial charge in [0.15, 0.2) is 0 Å². The highest BCUT2D eigenvalue weighted by Gasteiger charge is 2.23. The van der Waals surface area contributed by atoms with Crippen molar-refractivity contribution in [3.8, 4) is 5.75 Å². The van der Waals surface area contributed by atoms with Crippen molar-refractivity contribution in [2.24, 2.45) is 0 Å². The van der Waals surface area contributed by atoms with Gasteiger partial charge >= 0.3 is 11.7 Å². The molecule has 7 heteroatoms. The van der Waals surface area contributed by atoms with Crippen LogP contribution >= 0.6 is 0 Å². The van der Waals surface area contributed by atoms with E-state index in [1.165, 1.54) is 6.07 Å². The van der Waals surface area contributed by atoms with E-state index in [2.05, 4.69) is 5.32 Å². The van der Waals surface area contributed by atoms with Gasteiger partial charge in [-0.05, 0) is 43.5 Å². The molecule has 4 rings (SSSR count). The van der Waals surface area contributed by atoms with Crippen LogP contribution in [0.15, 0.2) is 57.7 Å². The number of anilines is 1. The summed E-state index contributed by atoms with van der Waals surface area (Å²) < 4.78 is 11.0. The van der Waals surface area contributed by atoms with Crippen molar-refractivity contribution >= 4 is 22.7 Å². The molecule has 1 aromatic heterocycles. The first-order chi connectivity index (χ1) is 14.5. The Morgan fingerprint density at radius 2 is 2.07 bits per heavy atom. The van der Waals surface area contributed by atoms with Crippen molar-refractivity contribution < 1.29 is 19.1 Å². The number of benzene rings is 2. The number of phenols is 1. The lowest BCUT2D eigenvalue weighted by molar-refractivity contribution is 0.0817. The maximum atomic E-state index is 13.1. The number of rotatable bonds is 5. The predicted molar refractivity (Wildman–Crippen MR) is 114 cm³/mol. The molecule has 1 aliphatic rings. The van der Waals surface area contributed by atoms with Crippen LogP contribution in [0.2, 0.25) is 0 Å². The zero-order valence-corrected chi connectivity index (χ0v) is 16.8. The molecular weight excluding hydrogens is 384 g/mol. The highest BCUT2D eigenvalue weighted by atomic mass is 16.5. The summed E-state index contributed by atoms with van der Waals surface area (Å²) in [6, 6.07) is 13.3. The van der Waals surface area contributed by atoms with Gasteiger partial charge in [0.05, 0.1) is 12.6 Å². The summed E-state index contributed by atoms with van der Waals surface area (Å²) in [7, 11) is 0. The topological polar surface area (TPSA) is 92.0 Å². The number of carbonyl (C=O) groups excluding carboxylic acids is 1. The minimum absolute atomic E-state index is 0.0288.